The molecule has 0 bridgehead atoms. The summed E-state index contributed by atoms with van der Waals surface area (Å²) in [4.78, 5) is 4.43. The Labute approximate surface area is 106 Å². The Morgan fingerprint density at radius 1 is 1.47 bits per heavy atom. The monoisotopic (exact) mass is 250 g/mol. The van der Waals surface area contributed by atoms with Crippen molar-refractivity contribution in [2.75, 3.05) is 12.3 Å². The van der Waals surface area contributed by atoms with Crippen molar-refractivity contribution in [3.05, 3.63) is 18.2 Å². The van der Waals surface area contributed by atoms with Gasteiger partial charge in [-0.25, -0.2) is 4.98 Å². The molecule has 0 aliphatic rings. The van der Waals surface area contributed by atoms with Gasteiger partial charge < -0.3 is 10.5 Å². The van der Waals surface area contributed by atoms with E-state index in [9.17, 15) is 0 Å². The van der Waals surface area contributed by atoms with Crippen LogP contribution in [-0.2, 0) is 0 Å². The molecule has 2 rings (SSSR count). The van der Waals surface area contributed by atoms with Crippen molar-refractivity contribution in [2.24, 2.45) is 5.92 Å². The lowest BCUT2D eigenvalue weighted by molar-refractivity contribution is 0.251. The molecular weight excluding hydrogens is 232 g/mol. The minimum atomic E-state index is 0.581. The molecule has 0 amide bonds. The largest absolute Gasteiger partial charge is 0.470 e. The lowest BCUT2D eigenvalue weighted by Crippen LogP contribution is -2.07. The Morgan fingerprint density at radius 3 is 3.06 bits per heavy atom. The van der Waals surface area contributed by atoms with E-state index in [1.165, 1.54) is 12.8 Å². The van der Waals surface area contributed by atoms with E-state index in [0.717, 1.165) is 27.7 Å². The SMILES string of the molecule is CCCC(C)COc1nc2ccc(N)cc2s1. The van der Waals surface area contributed by atoms with Crippen molar-refractivity contribution >= 4 is 27.2 Å². The molecule has 3 nitrogen and oxygen atoms in total. The Kier molecular flexibility index (Phi) is 3.84. The maximum absolute atomic E-state index is 5.73. The van der Waals surface area contributed by atoms with Gasteiger partial charge in [-0.3, -0.25) is 0 Å². The molecule has 1 unspecified atom stereocenters. The number of aromatic nitrogens is 1. The van der Waals surface area contributed by atoms with E-state index in [2.05, 4.69) is 18.8 Å². The molecule has 0 spiro atoms. The zero-order valence-electron chi connectivity index (χ0n) is 10.3. The first kappa shape index (κ1) is 12.2. The number of benzene rings is 1. The highest BCUT2D eigenvalue weighted by molar-refractivity contribution is 7.20. The predicted molar refractivity (Wildman–Crippen MR) is 73.6 cm³/mol. The number of rotatable bonds is 5. The Morgan fingerprint density at radius 2 is 2.29 bits per heavy atom. The van der Waals surface area contributed by atoms with E-state index in [4.69, 9.17) is 10.5 Å². The van der Waals surface area contributed by atoms with Gasteiger partial charge in [-0.2, -0.15) is 0 Å². The molecule has 1 aromatic carbocycles. The van der Waals surface area contributed by atoms with Crippen molar-refractivity contribution in [1.82, 2.24) is 4.98 Å². The Balaban J connectivity index is 2.04. The molecule has 0 aliphatic carbocycles. The lowest BCUT2D eigenvalue weighted by Gasteiger charge is -2.09. The second kappa shape index (κ2) is 5.36. The molecule has 0 radical (unpaired) electrons. The number of nitrogen functional groups attached to an aromatic ring is 1. The fraction of sp³-hybridized carbons (Fsp3) is 0.462. The molecule has 1 heterocycles. The summed E-state index contributed by atoms with van der Waals surface area (Å²) < 4.78 is 6.80. The highest BCUT2D eigenvalue weighted by atomic mass is 32.1. The number of nitrogens with zero attached hydrogens (tertiary/aromatic N) is 1. The fourth-order valence-electron chi connectivity index (χ4n) is 1.77. The molecular formula is C13H18N2OS. The van der Waals surface area contributed by atoms with Crippen LogP contribution in [0.4, 0.5) is 5.69 Å². The van der Waals surface area contributed by atoms with Crippen LogP contribution in [0.3, 0.4) is 0 Å². The third-order valence-corrected chi connectivity index (χ3v) is 3.60. The van der Waals surface area contributed by atoms with Gasteiger partial charge in [0.05, 0.1) is 16.8 Å². The summed E-state index contributed by atoms with van der Waals surface area (Å²) in [6.45, 7) is 5.13. The summed E-state index contributed by atoms with van der Waals surface area (Å²) in [5.74, 6) is 0.581. The van der Waals surface area contributed by atoms with Crippen LogP contribution in [0.25, 0.3) is 10.2 Å². The number of fused-ring (bicyclic) bond motifs is 1. The molecule has 92 valence electrons. The highest BCUT2D eigenvalue weighted by Gasteiger charge is 2.07. The van der Waals surface area contributed by atoms with Crippen LogP contribution >= 0.6 is 11.3 Å². The first-order valence-electron chi connectivity index (χ1n) is 5.98. The second-order valence-electron chi connectivity index (χ2n) is 4.41. The zero-order chi connectivity index (χ0) is 12.3. The van der Waals surface area contributed by atoms with Crippen molar-refractivity contribution in [3.8, 4) is 5.19 Å². The van der Waals surface area contributed by atoms with Crippen LogP contribution in [0.5, 0.6) is 5.19 Å². The zero-order valence-corrected chi connectivity index (χ0v) is 11.1. The van der Waals surface area contributed by atoms with E-state index in [1.54, 1.807) is 11.3 Å². The van der Waals surface area contributed by atoms with Gasteiger partial charge in [-0.05, 0) is 30.5 Å². The van der Waals surface area contributed by atoms with Gasteiger partial charge in [-0.1, -0.05) is 31.6 Å². The van der Waals surface area contributed by atoms with Crippen LogP contribution in [0.1, 0.15) is 26.7 Å². The Hall–Kier alpha value is -1.29. The van der Waals surface area contributed by atoms with Crippen LogP contribution in [0, 0.1) is 5.92 Å². The normalized spacial score (nSPS) is 12.8. The van der Waals surface area contributed by atoms with Crippen molar-refractivity contribution < 1.29 is 4.74 Å². The first-order chi connectivity index (χ1) is 8.19. The van der Waals surface area contributed by atoms with Crippen molar-refractivity contribution in [1.29, 1.82) is 0 Å². The van der Waals surface area contributed by atoms with E-state index in [-0.39, 0.29) is 0 Å². The highest BCUT2D eigenvalue weighted by Crippen LogP contribution is 2.29. The number of thiazole rings is 1. The van der Waals surface area contributed by atoms with Gasteiger partial charge in [0.15, 0.2) is 0 Å². The maximum Gasteiger partial charge on any atom is 0.274 e. The van der Waals surface area contributed by atoms with Crippen molar-refractivity contribution in [2.45, 2.75) is 26.7 Å². The standard InChI is InChI=1S/C13H18N2OS/c1-3-4-9(2)8-16-13-15-11-6-5-10(14)7-12(11)17-13/h5-7,9H,3-4,8,14H2,1-2H3. The molecule has 17 heavy (non-hydrogen) atoms. The van der Waals surface area contributed by atoms with Crippen LogP contribution in [-0.4, -0.2) is 11.6 Å². The summed E-state index contributed by atoms with van der Waals surface area (Å²) in [6.07, 6.45) is 2.39. The first-order valence-corrected chi connectivity index (χ1v) is 6.79. The van der Waals surface area contributed by atoms with Gasteiger partial charge in [0.25, 0.3) is 5.19 Å². The van der Waals surface area contributed by atoms with Crippen LogP contribution in [0.2, 0.25) is 0 Å². The van der Waals surface area contributed by atoms with E-state index in [1.807, 2.05) is 18.2 Å². The average Bonchev–Trinajstić information content (AvgIpc) is 2.68. The van der Waals surface area contributed by atoms with Crippen LogP contribution in [0.15, 0.2) is 18.2 Å². The van der Waals surface area contributed by atoms with Crippen molar-refractivity contribution in [3.63, 3.8) is 0 Å². The molecule has 0 saturated carbocycles. The minimum absolute atomic E-state index is 0.581. The molecule has 0 saturated heterocycles. The smallest absolute Gasteiger partial charge is 0.274 e. The summed E-state index contributed by atoms with van der Waals surface area (Å²) in [7, 11) is 0. The fourth-order valence-corrected chi connectivity index (χ4v) is 2.64. The third-order valence-electron chi connectivity index (χ3n) is 2.67. The molecule has 4 heteroatoms. The minimum Gasteiger partial charge on any atom is -0.470 e. The number of hydrogen-bond donors (Lipinski definition) is 1. The molecule has 0 fully saturated rings. The molecule has 2 N–H and O–H groups in total. The van der Waals surface area contributed by atoms with Gasteiger partial charge in [0, 0.05) is 5.69 Å². The summed E-state index contributed by atoms with van der Waals surface area (Å²) in [6, 6.07) is 5.74. The average molecular weight is 250 g/mol. The van der Waals surface area contributed by atoms with E-state index in [0.29, 0.717) is 5.92 Å². The van der Waals surface area contributed by atoms with E-state index >= 15 is 0 Å². The topological polar surface area (TPSA) is 48.1 Å². The van der Waals surface area contributed by atoms with Gasteiger partial charge in [0.1, 0.15) is 0 Å². The summed E-state index contributed by atoms with van der Waals surface area (Å²) >= 11 is 1.56. The van der Waals surface area contributed by atoms with Gasteiger partial charge in [-0.15, -0.1) is 0 Å². The number of ether oxygens (including phenoxy) is 1. The van der Waals surface area contributed by atoms with Gasteiger partial charge >= 0.3 is 0 Å². The second-order valence-corrected chi connectivity index (χ2v) is 5.40. The van der Waals surface area contributed by atoms with Gasteiger partial charge in [0.2, 0.25) is 0 Å². The number of nitrogens with two attached hydrogens (primary N) is 1. The maximum atomic E-state index is 5.73. The number of anilines is 1. The lowest BCUT2D eigenvalue weighted by atomic mass is 10.1. The molecule has 2 aromatic rings. The summed E-state index contributed by atoms with van der Waals surface area (Å²) in [5.41, 5.74) is 7.46. The van der Waals surface area contributed by atoms with E-state index < -0.39 is 0 Å². The molecule has 0 aliphatic heterocycles. The Bertz CT molecular complexity index is 495. The third kappa shape index (κ3) is 3.09. The number of hydrogen-bond acceptors (Lipinski definition) is 4. The predicted octanol–water partition coefficient (Wildman–Crippen LogP) is 3.69. The quantitative estimate of drug-likeness (QED) is 0.823. The molecule has 1 aromatic heterocycles. The summed E-state index contributed by atoms with van der Waals surface area (Å²) in [5, 5.41) is 0.744. The molecule has 1 atom stereocenters. The van der Waals surface area contributed by atoms with Crippen LogP contribution < -0.4 is 10.5 Å².